The largest absolute Gasteiger partial charge is 0.366 e. The van der Waals surface area contributed by atoms with Gasteiger partial charge in [-0.15, -0.1) is 11.3 Å². The van der Waals surface area contributed by atoms with E-state index in [1.807, 2.05) is 6.07 Å². The number of hydrogen-bond donors (Lipinski definition) is 1. The second kappa shape index (κ2) is 5.19. The fourth-order valence-electron chi connectivity index (χ4n) is 1.96. The van der Waals surface area contributed by atoms with Crippen LogP contribution < -0.4 is 10.2 Å². The van der Waals surface area contributed by atoms with Crippen molar-refractivity contribution in [3.63, 3.8) is 0 Å². The Morgan fingerprint density at radius 3 is 3.07 bits per heavy atom. The van der Waals surface area contributed by atoms with Crippen molar-refractivity contribution in [3.8, 4) is 0 Å². The van der Waals surface area contributed by atoms with Gasteiger partial charge in [0.25, 0.3) is 0 Å². The van der Waals surface area contributed by atoms with Gasteiger partial charge in [0, 0.05) is 13.6 Å². The van der Waals surface area contributed by atoms with Gasteiger partial charge in [0.15, 0.2) is 0 Å². The molecule has 0 aromatic carbocycles. The van der Waals surface area contributed by atoms with Crippen LogP contribution in [0.15, 0.2) is 12.1 Å². The van der Waals surface area contributed by atoms with E-state index in [0.717, 1.165) is 16.8 Å². The molecule has 1 aromatic heterocycles. The van der Waals surface area contributed by atoms with Gasteiger partial charge in [0.1, 0.15) is 0 Å². The highest BCUT2D eigenvalue weighted by molar-refractivity contribution is 7.19. The van der Waals surface area contributed by atoms with Gasteiger partial charge in [-0.3, -0.25) is 0 Å². The fraction of sp³-hybridized carbons (Fsp3) is 0.636. The van der Waals surface area contributed by atoms with E-state index in [4.69, 9.17) is 11.6 Å². The molecule has 1 aliphatic rings. The molecule has 1 saturated heterocycles. The Kier molecular flexibility index (Phi) is 3.89. The molecule has 0 saturated carbocycles. The van der Waals surface area contributed by atoms with Gasteiger partial charge in [-0.2, -0.15) is 0 Å². The lowest BCUT2D eigenvalue weighted by Gasteiger charge is -2.18. The molecule has 0 amide bonds. The van der Waals surface area contributed by atoms with Crippen molar-refractivity contribution in [1.82, 2.24) is 5.32 Å². The number of nitrogens with one attached hydrogen (secondary N) is 1. The Bertz CT molecular complexity index is 307. The lowest BCUT2D eigenvalue weighted by atomic mass is 10.1. The van der Waals surface area contributed by atoms with Crippen LogP contribution in [0.3, 0.4) is 0 Å². The van der Waals surface area contributed by atoms with Crippen molar-refractivity contribution >= 4 is 27.9 Å². The third-order valence-electron chi connectivity index (χ3n) is 2.97. The Morgan fingerprint density at radius 2 is 2.47 bits per heavy atom. The van der Waals surface area contributed by atoms with E-state index in [2.05, 4.69) is 23.3 Å². The second-order valence-electron chi connectivity index (χ2n) is 4.15. The lowest BCUT2D eigenvalue weighted by molar-refractivity contribution is 0.534. The molecule has 1 atom stereocenters. The average molecular weight is 245 g/mol. The molecular weight excluding hydrogens is 228 g/mol. The first kappa shape index (κ1) is 11.2. The third-order valence-corrected chi connectivity index (χ3v) is 4.32. The maximum atomic E-state index is 5.91. The number of hydrogen-bond acceptors (Lipinski definition) is 3. The van der Waals surface area contributed by atoms with Gasteiger partial charge < -0.3 is 10.2 Å². The Balaban J connectivity index is 1.79. The number of nitrogens with zero attached hydrogens (tertiary/aromatic N) is 1. The number of rotatable bonds is 4. The molecule has 1 unspecified atom stereocenters. The monoisotopic (exact) mass is 244 g/mol. The molecule has 0 aliphatic carbocycles. The number of halogens is 1. The lowest BCUT2D eigenvalue weighted by Crippen LogP contribution is -2.21. The quantitative estimate of drug-likeness (QED) is 0.876. The van der Waals surface area contributed by atoms with Crippen LogP contribution >= 0.6 is 22.9 Å². The van der Waals surface area contributed by atoms with E-state index >= 15 is 0 Å². The van der Waals surface area contributed by atoms with Crippen LogP contribution in [0.4, 0.5) is 5.00 Å². The van der Waals surface area contributed by atoms with Crippen LogP contribution in [0.2, 0.25) is 4.34 Å². The van der Waals surface area contributed by atoms with Gasteiger partial charge in [-0.25, -0.2) is 0 Å². The molecular formula is C11H17ClN2S. The Labute approximate surface area is 100 Å². The first-order valence-corrected chi connectivity index (χ1v) is 6.62. The summed E-state index contributed by atoms with van der Waals surface area (Å²) in [5.74, 6) is 0.864. The predicted octanol–water partition coefficient (Wildman–Crippen LogP) is 2.84. The number of thiophene rings is 1. The summed E-state index contributed by atoms with van der Waals surface area (Å²) in [6, 6.07) is 4.06. The second-order valence-corrected chi connectivity index (χ2v) is 5.84. The minimum absolute atomic E-state index is 0.864. The standard InChI is InChI=1S/C11H17ClN2S/c1-14(11-3-2-10(12)15-11)7-5-9-4-6-13-8-9/h2-3,9,13H,4-8H2,1H3. The SMILES string of the molecule is CN(CCC1CCNC1)c1ccc(Cl)s1. The zero-order chi connectivity index (χ0) is 10.7. The van der Waals surface area contributed by atoms with Gasteiger partial charge in [0.05, 0.1) is 9.34 Å². The average Bonchev–Trinajstić information content (AvgIpc) is 2.84. The van der Waals surface area contributed by atoms with E-state index in [1.54, 1.807) is 11.3 Å². The summed E-state index contributed by atoms with van der Waals surface area (Å²) in [7, 11) is 2.14. The van der Waals surface area contributed by atoms with Crippen LogP contribution in [-0.2, 0) is 0 Å². The minimum atomic E-state index is 0.864. The molecule has 1 fully saturated rings. The van der Waals surface area contributed by atoms with Crippen LogP contribution in [0.1, 0.15) is 12.8 Å². The van der Waals surface area contributed by atoms with Crippen LogP contribution in [-0.4, -0.2) is 26.7 Å². The maximum Gasteiger partial charge on any atom is 0.0950 e. The molecule has 1 N–H and O–H groups in total. The summed E-state index contributed by atoms with van der Waals surface area (Å²) in [5, 5.41) is 4.67. The molecule has 0 bridgehead atoms. The smallest absolute Gasteiger partial charge is 0.0950 e. The first-order valence-electron chi connectivity index (χ1n) is 5.43. The van der Waals surface area contributed by atoms with Crippen molar-refractivity contribution in [2.24, 2.45) is 5.92 Å². The van der Waals surface area contributed by atoms with Gasteiger partial charge in [-0.05, 0) is 44.0 Å². The van der Waals surface area contributed by atoms with Gasteiger partial charge in [-0.1, -0.05) is 11.6 Å². The topological polar surface area (TPSA) is 15.3 Å². The van der Waals surface area contributed by atoms with Crippen LogP contribution in [0.25, 0.3) is 0 Å². The highest BCUT2D eigenvalue weighted by atomic mass is 35.5. The van der Waals surface area contributed by atoms with Crippen molar-refractivity contribution in [3.05, 3.63) is 16.5 Å². The summed E-state index contributed by atoms with van der Waals surface area (Å²) < 4.78 is 0.874. The minimum Gasteiger partial charge on any atom is -0.366 e. The summed E-state index contributed by atoms with van der Waals surface area (Å²) >= 11 is 7.57. The highest BCUT2D eigenvalue weighted by Gasteiger charge is 2.15. The molecule has 15 heavy (non-hydrogen) atoms. The van der Waals surface area contributed by atoms with Gasteiger partial charge in [0.2, 0.25) is 0 Å². The molecule has 0 radical (unpaired) electrons. The molecule has 2 rings (SSSR count). The molecule has 1 aromatic rings. The molecule has 2 heterocycles. The number of anilines is 1. The van der Waals surface area contributed by atoms with E-state index < -0.39 is 0 Å². The predicted molar refractivity (Wildman–Crippen MR) is 68.2 cm³/mol. The molecule has 1 aliphatic heterocycles. The maximum absolute atomic E-state index is 5.91. The van der Waals surface area contributed by atoms with Crippen molar-refractivity contribution in [2.75, 3.05) is 31.6 Å². The Morgan fingerprint density at radius 1 is 1.60 bits per heavy atom. The van der Waals surface area contributed by atoms with Gasteiger partial charge >= 0.3 is 0 Å². The molecule has 84 valence electrons. The van der Waals surface area contributed by atoms with E-state index in [-0.39, 0.29) is 0 Å². The molecule has 0 spiro atoms. The Hall–Kier alpha value is -0.250. The van der Waals surface area contributed by atoms with Crippen molar-refractivity contribution in [1.29, 1.82) is 0 Å². The molecule has 4 heteroatoms. The first-order chi connectivity index (χ1) is 7.25. The summed E-state index contributed by atoms with van der Waals surface area (Å²) in [4.78, 5) is 2.30. The zero-order valence-electron chi connectivity index (χ0n) is 9.00. The van der Waals surface area contributed by atoms with E-state index in [0.29, 0.717) is 0 Å². The van der Waals surface area contributed by atoms with Crippen molar-refractivity contribution < 1.29 is 0 Å². The van der Waals surface area contributed by atoms with Crippen LogP contribution in [0.5, 0.6) is 0 Å². The summed E-state index contributed by atoms with van der Waals surface area (Å²) in [6.07, 6.45) is 2.61. The fourth-order valence-corrected chi connectivity index (χ4v) is 2.98. The van der Waals surface area contributed by atoms with E-state index in [9.17, 15) is 0 Å². The van der Waals surface area contributed by atoms with Crippen molar-refractivity contribution in [2.45, 2.75) is 12.8 Å². The summed E-state index contributed by atoms with van der Waals surface area (Å²) in [5.41, 5.74) is 0. The third kappa shape index (κ3) is 3.10. The van der Waals surface area contributed by atoms with E-state index in [1.165, 1.54) is 30.9 Å². The zero-order valence-corrected chi connectivity index (χ0v) is 10.6. The van der Waals surface area contributed by atoms with Crippen LogP contribution in [0, 0.1) is 5.92 Å². The normalized spacial score (nSPS) is 20.8. The highest BCUT2D eigenvalue weighted by Crippen LogP contribution is 2.29. The molecule has 2 nitrogen and oxygen atoms in total. The summed E-state index contributed by atoms with van der Waals surface area (Å²) in [6.45, 7) is 3.52.